The Morgan fingerprint density at radius 1 is 1.36 bits per heavy atom. The Kier molecular flexibility index (Phi) is 3.00. The molecule has 2 atom stereocenters. The van der Waals surface area contributed by atoms with Gasteiger partial charge in [-0.2, -0.15) is 0 Å². The van der Waals surface area contributed by atoms with Crippen molar-refractivity contribution in [3.63, 3.8) is 0 Å². The molecule has 1 N–H and O–H groups in total. The summed E-state index contributed by atoms with van der Waals surface area (Å²) in [5, 5.41) is 3.38. The molecule has 1 aromatic rings. The van der Waals surface area contributed by atoms with Gasteiger partial charge in [0, 0.05) is 6.54 Å². The van der Waals surface area contributed by atoms with E-state index in [9.17, 15) is 0 Å². The molecular formula is C13H17N. The first-order valence-electron chi connectivity index (χ1n) is 5.28. The van der Waals surface area contributed by atoms with E-state index in [-0.39, 0.29) is 0 Å². The Morgan fingerprint density at radius 2 is 2.14 bits per heavy atom. The third-order valence-electron chi connectivity index (χ3n) is 2.85. The molecule has 2 rings (SSSR count). The molecule has 0 saturated heterocycles. The van der Waals surface area contributed by atoms with E-state index in [4.69, 9.17) is 0 Å². The fourth-order valence-electron chi connectivity index (χ4n) is 1.95. The SMILES string of the molecule is C=CCNC[C@H]1C[C@H]1c1ccccc1. The van der Waals surface area contributed by atoms with Crippen LogP contribution in [0.15, 0.2) is 43.0 Å². The molecule has 1 aliphatic carbocycles. The number of hydrogen-bond acceptors (Lipinski definition) is 1. The van der Waals surface area contributed by atoms with Gasteiger partial charge < -0.3 is 5.32 Å². The van der Waals surface area contributed by atoms with Gasteiger partial charge in [-0.05, 0) is 30.4 Å². The first-order valence-corrected chi connectivity index (χ1v) is 5.28. The minimum atomic E-state index is 0.800. The van der Waals surface area contributed by atoms with Crippen LogP contribution in [-0.2, 0) is 0 Å². The maximum absolute atomic E-state index is 3.69. The molecule has 0 aromatic heterocycles. The number of benzene rings is 1. The van der Waals surface area contributed by atoms with Crippen molar-refractivity contribution in [2.45, 2.75) is 12.3 Å². The Morgan fingerprint density at radius 3 is 2.86 bits per heavy atom. The van der Waals surface area contributed by atoms with E-state index in [2.05, 4.69) is 42.2 Å². The standard InChI is InChI=1S/C13H17N/c1-2-8-14-10-12-9-13(12)11-6-4-3-5-7-11/h2-7,12-14H,1,8-10H2/t12-,13+/m1/s1. The van der Waals surface area contributed by atoms with Crippen LogP contribution in [0.3, 0.4) is 0 Å². The van der Waals surface area contributed by atoms with Gasteiger partial charge in [0.25, 0.3) is 0 Å². The Balaban J connectivity index is 1.79. The maximum atomic E-state index is 3.69. The van der Waals surface area contributed by atoms with Crippen molar-refractivity contribution in [3.05, 3.63) is 48.6 Å². The second-order valence-corrected chi connectivity index (χ2v) is 3.96. The highest BCUT2D eigenvalue weighted by Gasteiger charge is 2.37. The largest absolute Gasteiger partial charge is 0.313 e. The summed E-state index contributed by atoms with van der Waals surface area (Å²) >= 11 is 0. The van der Waals surface area contributed by atoms with E-state index < -0.39 is 0 Å². The van der Waals surface area contributed by atoms with Gasteiger partial charge in [0.2, 0.25) is 0 Å². The zero-order chi connectivity index (χ0) is 9.80. The van der Waals surface area contributed by atoms with Crippen molar-refractivity contribution in [1.29, 1.82) is 0 Å². The zero-order valence-corrected chi connectivity index (χ0v) is 8.45. The normalized spacial score (nSPS) is 24.6. The fourth-order valence-corrected chi connectivity index (χ4v) is 1.95. The summed E-state index contributed by atoms with van der Waals surface area (Å²) in [6.07, 6.45) is 3.26. The molecule has 0 spiro atoms. The van der Waals surface area contributed by atoms with Crippen molar-refractivity contribution in [2.24, 2.45) is 5.92 Å². The lowest BCUT2D eigenvalue weighted by molar-refractivity contribution is 0.668. The average molecular weight is 187 g/mol. The summed E-state index contributed by atoms with van der Waals surface area (Å²) < 4.78 is 0. The topological polar surface area (TPSA) is 12.0 Å². The minimum Gasteiger partial charge on any atom is -0.313 e. The lowest BCUT2D eigenvalue weighted by Gasteiger charge is -2.01. The Labute approximate surface area is 85.8 Å². The third-order valence-corrected chi connectivity index (χ3v) is 2.85. The van der Waals surface area contributed by atoms with Gasteiger partial charge >= 0.3 is 0 Å². The van der Waals surface area contributed by atoms with E-state index in [1.165, 1.54) is 12.0 Å². The molecule has 14 heavy (non-hydrogen) atoms. The van der Waals surface area contributed by atoms with Crippen LogP contribution >= 0.6 is 0 Å². The van der Waals surface area contributed by atoms with Crippen molar-refractivity contribution in [1.82, 2.24) is 5.32 Å². The van der Waals surface area contributed by atoms with Gasteiger partial charge in [-0.3, -0.25) is 0 Å². The summed E-state index contributed by atoms with van der Waals surface area (Å²) in [5.74, 6) is 1.64. The molecule has 0 unspecified atom stereocenters. The molecule has 0 radical (unpaired) electrons. The zero-order valence-electron chi connectivity index (χ0n) is 8.45. The number of hydrogen-bond donors (Lipinski definition) is 1. The van der Waals surface area contributed by atoms with Gasteiger partial charge in [-0.1, -0.05) is 36.4 Å². The summed E-state index contributed by atoms with van der Waals surface area (Å²) in [4.78, 5) is 0. The molecule has 0 aliphatic heterocycles. The third kappa shape index (κ3) is 2.24. The molecule has 1 heteroatoms. The quantitative estimate of drug-likeness (QED) is 0.552. The van der Waals surface area contributed by atoms with Crippen molar-refractivity contribution >= 4 is 0 Å². The average Bonchev–Trinajstić information content (AvgIpc) is 2.99. The van der Waals surface area contributed by atoms with E-state index in [1.54, 1.807) is 0 Å². The molecule has 1 fully saturated rings. The van der Waals surface area contributed by atoms with E-state index >= 15 is 0 Å². The minimum absolute atomic E-state index is 0.800. The Hall–Kier alpha value is -1.08. The van der Waals surface area contributed by atoms with Crippen LogP contribution in [-0.4, -0.2) is 13.1 Å². The second-order valence-electron chi connectivity index (χ2n) is 3.96. The van der Waals surface area contributed by atoms with Crippen molar-refractivity contribution in [2.75, 3.05) is 13.1 Å². The van der Waals surface area contributed by atoms with Gasteiger partial charge in [0.1, 0.15) is 0 Å². The molecule has 1 nitrogen and oxygen atoms in total. The van der Waals surface area contributed by atoms with Crippen LogP contribution in [0.2, 0.25) is 0 Å². The lowest BCUT2D eigenvalue weighted by atomic mass is 10.1. The molecular weight excluding hydrogens is 170 g/mol. The van der Waals surface area contributed by atoms with Crippen LogP contribution < -0.4 is 5.32 Å². The van der Waals surface area contributed by atoms with Gasteiger partial charge in [-0.15, -0.1) is 6.58 Å². The van der Waals surface area contributed by atoms with E-state index in [0.717, 1.165) is 24.9 Å². The summed E-state index contributed by atoms with van der Waals surface area (Å²) in [5.41, 5.74) is 1.50. The highest BCUT2D eigenvalue weighted by molar-refractivity contribution is 5.25. The molecule has 1 saturated carbocycles. The molecule has 0 heterocycles. The fraction of sp³-hybridized carbons (Fsp3) is 0.385. The van der Waals surface area contributed by atoms with Crippen LogP contribution in [0.5, 0.6) is 0 Å². The van der Waals surface area contributed by atoms with Crippen LogP contribution in [0.25, 0.3) is 0 Å². The van der Waals surface area contributed by atoms with Crippen LogP contribution in [0, 0.1) is 5.92 Å². The van der Waals surface area contributed by atoms with Crippen LogP contribution in [0.4, 0.5) is 0 Å². The highest BCUT2D eigenvalue weighted by atomic mass is 14.9. The van der Waals surface area contributed by atoms with E-state index in [0.29, 0.717) is 0 Å². The summed E-state index contributed by atoms with van der Waals surface area (Å²) in [6, 6.07) is 10.8. The lowest BCUT2D eigenvalue weighted by Crippen LogP contribution is -2.16. The summed E-state index contributed by atoms with van der Waals surface area (Å²) in [6.45, 7) is 5.75. The molecule has 74 valence electrons. The molecule has 0 amide bonds. The van der Waals surface area contributed by atoms with Gasteiger partial charge in [0.15, 0.2) is 0 Å². The maximum Gasteiger partial charge on any atom is 0.0132 e. The van der Waals surface area contributed by atoms with Gasteiger partial charge in [-0.25, -0.2) is 0 Å². The van der Waals surface area contributed by atoms with Crippen molar-refractivity contribution in [3.8, 4) is 0 Å². The predicted molar refractivity (Wildman–Crippen MR) is 60.4 cm³/mol. The highest BCUT2D eigenvalue weighted by Crippen LogP contribution is 2.46. The monoisotopic (exact) mass is 187 g/mol. The molecule has 1 aliphatic rings. The smallest absolute Gasteiger partial charge is 0.0132 e. The molecule has 1 aromatic carbocycles. The van der Waals surface area contributed by atoms with Crippen LogP contribution in [0.1, 0.15) is 17.9 Å². The van der Waals surface area contributed by atoms with Gasteiger partial charge in [0.05, 0.1) is 0 Å². The Bertz CT molecular complexity index is 291. The number of nitrogens with one attached hydrogen (secondary N) is 1. The number of rotatable bonds is 5. The molecule has 0 bridgehead atoms. The predicted octanol–water partition coefficient (Wildman–Crippen LogP) is 2.57. The van der Waals surface area contributed by atoms with Crippen molar-refractivity contribution < 1.29 is 0 Å². The second kappa shape index (κ2) is 4.43. The summed E-state index contributed by atoms with van der Waals surface area (Å²) in [7, 11) is 0. The van der Waals surface area contributed by atoms with E-state index in [1.807, 2.05) is 6.08 Å². The first-order chi connectivity index (χ1) is 6.92. The first kappa shape index (κ1) is 9.47.